The fraction of sp³-hybridized carbons (Fsp3) is 0.684. The Kier molecular flexibility index (Phi) is 7.12. The summed E-state index contributed by atoms with van der Waals surface area (Å²) in [6, 6.07) is 9.29. The van der Waals surface area contributed by atoms with Gasteiger partial charge in [-0.2, -0.15) is 0 Å². The highest BCUT2D eigenvalue weighted by Crippen LogP contribution is 2.29. The van der Waals surface area contributed by atoms with Crippen molar-refractivity contribution in [1.82, 2.24) is 0 Å². The number of rotatable bonds is 8. The summed E-state index contributed by atoms with van der Waals surface area (Å²) in [4.78, 5) is 0. The Balaban J connectivity index is 2.48. The molecule has 0 aliphatic heterocycles. The number of benzene rings is 1. The van der Waals surface area contributed by atoms with Crippen LogP contribution in [0.3, 0.4) is 0 Å². The number of hydrogen-bond acceptors (Lipinski definition) is 1. The topological polar surface area (TPSA) is 12.0 Å². The zero-order valence-corrected chi connectivity index (χ0v) is 14.1. The molecule has 0 radical (unpaired) electrons. The van der Waals surface area contributed by atoms with E-state index in [9.17, 15) is 0 Å². The minimum absolute atomic E-state index is 0.199. The summed E-state index contributed by atoms with van der Waals surface area (Å²) in [5.74, 6) is 0. The van der Waals surface area contributed by atoms with Crippen LogP contribution in [0, 0.1) is 0 Å². The first kappa shape index (κ1) is 17.1. The molecule has 1 unspecified atom stereocenters. The van der Waals surface area contributed by atoms with Gasteiger partial charge in [0.25, 0.3) is 0 Å². The van der Waals surface area contributed by atoms with E-state index in [-0.39, 0.29) is 5.41 Å². The van der Waals surface area contributed by atoms with Gasteiger partial charge in [-0.3, -0.25) is 0 Å². The molecule has 0 bridgehead atoms. The van der Waals surface area contributed by atoms with Gasteiger partial charge >= 0.3 is 0 Å². The van der Waals surface area contributed by atoms with Gasteiger partial charge in [0.2, 0.25) is 0 Å². The molecule has 0 spiro atoms. The molecule has 0 saturated carbocycles. The van der Waals surface area contributed by atoms with E-state index in [1.807, 2.05) is 0 Å². The van der Waals surface area contributed by atoms with E-state index in [0.717, 1.165) is 0 Å². The van der Waals surface area contributed by atoms with Crippen LogP contribution in [-0.2, 0) is 5.41 Å². The second kappa shape index (κ2) is 8.34. The van der Waals surface area contributed by atoms with E-state index < -0.39 is 0 Å². The summed E-state index contributed by atoms with van der Waals surface area (Å²) in [7, 11) is 0. The summed E-state index contributed by atoms with van der Waals surface area (Å²) < 4.78 is 0. The molecule has 1 N–H and O–H groups in total. The van der Waals surface area contributed by atoms with Crippen LogP contribution in [0.15, 0.2) is 24.3 Å². The van der Waals surface area contributed by atoms with Crippen LogP contribution in [-0.4, -0.2) is 6.04 Å². The Hall–Kier alpha value is -0.980. The highest BCUT2D eigenvalue weighted by molar-refractivity contribution is 5.54. The van der Waals surface area contributed by atoms with Crippen molar-refractivity contribution < 1.29 is 0 Å². The molecule has 0 fully saturated rings. The van der Waals surface area contributed by atoms with E-state index in [1.54, 1.807) is 0 Å². The Morgan fingerprint density at radius 2 is 1.65 bits per heavy atom. The molecular weight excluding hydrogens is 242 g/mol. The average molecular weight is 275 g/mol. The van der Waals surface area contributed by atoms with Crippen LogP contribution in [0.4, 0.5) is 5.69 Å². The van der Waals surface area contributed by atoms with Crippen LogP contribution in [0.2, 0.25) is 0 Å². The van der Waals surface area contributed by atoms with E-state index in [0.29, 0.717) is 6.04 Å². The van der Waals surface area contributed by atoms with Crippen molar-refractivity contribution in [2.24, 2.45) is 0 Å². The lowest BCUT2D eigenvalue weighted by Crippen LogP contribution is -2.20. The molecule has 1 atom stereocenters. The van der Waals surface area contributed by atoms with E-state index in [1.165, 1.54) is 49.8 Å². The van der Waals surface area contributed by atoms with Crippen molar-refractivity contribution in [3.05, 3.63) is 29.8 Å². The number of anilines is 1. The van der Waals surface area contributed by atoms with Crippen molar-refractivity contribution in [3.8, 4) is 0 Å². The van der Waals surface area contributed by atoms with Crippen LogP contribution < -0.4 is 5.32 Å². The maximum atomic E-state index is 3.71. The summed E-state index contributed by atoms with van der Waals surface area (Å²) in [5, 5.41) is 3.71. The Morgan fingerprint density at radius 1 is 1.00 bits per heavy atom. The third kappa shape index (κ3) is 5.98. The number of nitrogens with one attached hydrogen (secondary N) is 1. The molecule has 0 aromatic heterocycles. The monoisotopic (exact) mass is 275 g/mol. The van der Waals surface area contributed by atoms with Gasteiger partial charge in [0, 0.05) is 11.7 Å². The second-order valence-electron chi connectivity index (χ2n) is 7.04. The first-order chi connectivity index (χ1) is 9.45. The second-order valence-corrected chi connectivity index (χ2v) is 7.04. The molecule has 0 heterocycles. The van der Waals surface area contributed by atoms with Crippen molar-refractivity contribution >= 4 is 5.69 Å². The van der Waals surface area contributed by atoms with Gasteiger partial charge in [0.15, 0.2) is 0 Å². The summed E-state index contributed by atoms with van der Waals surface area (Å²) in [6.45, 7) is 11.4. The lowest BCUT2D eigenvalue weighted by Gasteiger charge is -2.25. The van der Waals surface area contributed by atoms with Crippen molar-refractivity contribution in [2.45, 2.75) is 84.6 Å². The molecule has 20 heavy (non-hydrogen) atoms. The first-order valence-corrected chi connectivity index (χ1v) is 8.31. The lowest BCUT2D eigenvalue weighted by molar-refractivity contribution is 0.571. The molecule has 1 heteroatoms. The molecule has 1 aromatic carbocycles. The van der Waals surface area contributed by atoms with Crippen molar-refractivity contribution in [2.75, 3.05) is 5.32 Å². The quantitative estimate of drug-likeness (QED) is 0.561. The van der Waals surface area contributed by atoms with E-state index in [2.05, 4.69) is 64.2 Å². The fourth-order valence-corrected chi connectivity index (χ4v) is 2.65. The maximum Gasteiger partial charge on any atom is 0.0380 e. The average Bonchev–Trinajstić information content (AvgIpc) is 2.38. The Labute approximate surface area is 126 Å². The molecule has 0 aliphatic carbocycles. The predicted molar refractivity (Wildman–Crippen MR) is 91.6 cm³/mol. The molecular formula is C19H33N. The Bertz CT molecular complexity index is 376. The molecule has 1 nitrogen and oxygen atoms in total. The minimum Gasteiger partial charge on any atom is -0.382 e. The molecule has 1 aromatic rings. The summed E-state index contributed by atoms with van der Waals surface area (Å²) in [5.41, 5.74) is 2.92. The molecule has 0 saturated heterocycles. The number of hydrogen-bond donors (Lipinski definition) is 1. The molecule has 1 rings (SSSR count). The SMILES string of the molecule is CCCCCCCC(C)Nc1ccccc1C(C)(C)C. The fourth-order valence-electron chi connectivity index (χ4n) is 2.65. The summed E-state index contributed by atoms with van der Waals surface area (Å²) >= 11 is 0. The van der Waals surface area contributed by atoms with Gasteiger partial charge in [-0.05, 0) is 30.4 Å². The van der Waals surface area contributed by atoms with Gasteiger partial charge in [-0.15, -0.1) is 0 Å². The summed E-state index contributed by atoms with van der Waals surface area (Å²) in [6.07, 6.45) is 8.08. The molecule has 0 aliphatic rings. The van der Waals surface area contributed by atoms with Gasteiger partial charge in [0.05, 0.1) is 0 Å². The zero-order valence-electron chi connectivity index (χ0n) is 14.1. The van der Waals surface area contributed by atoms with Crippen LogP contribution in [0.1, 0.15) is 78.7 Å². The molecule has 0 amide bonds. The molecule has 114 valence electrons. The third-order valence-corrected chi connectivity index (χ3v) is 3.88. The predicted octanol–water partition coefficient (Wildman–Crippen LogP) is 6.15. The van der Waals surface area contributed by atoms with Gasteiger partial charge < -0.3 is 5.32 Å². The third-order valence-electron chi connectivity index (χ3n) is 3.88. The van der Waals surface area contributed by atoms with Gasteiger partial charge in [0.1, 0.15) is 0 Å². The van der Waals surface area contributed by atoms with Crippen molar-refractivity contribution in [1.29, 1.82) is 0 Å². The van der Waals surface area contributed by atoms with Gasteiger partial charge in [-0.1, -0.05) is 78.0 Å². The van der Waals surface area contributed by atoms with Crippen LogP contribution in [0.5, 0.6) is 0 Å². The van der Waals surface area contributed by atoms with Crippen molar-refractivity contribution in [3.63, 3.8) is 0 Å². The zero-order chi connectivity index (χ0) is 15.0. The number of unbranched alkanes of at least 4 members (excludes halogenated alkanes) is 4. The first-order valence-electron chi connectivity index (χ1n) is 8.31. The highest BCUT2D eigenvalue weighted by atomic mass is 14.9. The van der Waals surface area contributed by atoms with Crippen LogP contribution in [0.25, 0.3) is 0 Å². The number of para-hydroxylation sites is 1. The minimum atomic E-state index is 0.199. The smallest absolute Gasteiger partial charge is 0.0380 e. The van der Waals surface area contributed by atoms with Gasteiger partial charge in [-0.25, -0.2) is 0 Å². The normalized spacial score (nSPS) is 13.2. The van der Waals surface area contributed by atoms with E-state index >= 15 is 0 Å². The maximum absolute atomic E-state index is 3.71. The van der Waals surface area contributed by atoms with E-state index in [4.69, 9.17) is 0 Å². The lowest BCUT2D eigenvalue weighted by atomic mass is 9.85. The largest absolute Gasteiger partial charge is 0.382 e. The highest BCUT2D eigenvalue weighted by Gasteiger charge is 2.17. The Morgan fingerprint density at radius 3 is 2.30 bits per heavy atom. The standard InChI is InChI=1S/C19H33N/c1-6-7-8-9-10-13-16(2)20-18-15-12-11-14-17(18)19(3,4)5/h11-12,14-16,20H,6-10,13H2,1-5H3. The van der Waals surface area contributed by atoms with Crippen LogP contribution >= 0.6 is 0 Å².